The van der Waals surface area contributed by atoms with E-state index in [2.05, 4.69) is 10.3 Å². The van der Waals surface area contributed by atoms with Crippen LogP contribution in [0.2, 0.25) is 0 Å². The molecule has 0 saturated heterocycles. The molecule has 0 bridgehead atoms. The lowest BCUT2D eigenvalue weighted by atomic mass is 10.5. The van der Waals surface area contributed by atoms with Gasteiger partial charge in [-0.05, 0) is 0 Å². The molecule has 1 amide bonds. The Hall–Kier alpha value is -1.96. The van der Waals surface area contributed by atoms with E-state index < -0.39 is 5.97 Å². The Balaban J connectivity index is 0.000000487. The second-order valence-electron chi connectivity index (χ2n) is 2.64. The molecule has 0 aliphatic rings. The number of nitrogen functional groups attached to an aromatic ring is 1. The van der Waals surface area contributed by atoms with E-state index in [1.807, 2.05) is 0 Å². The fourth-order valence-electron chi connectivity index (χ4n) is 0.607. The lowest BCUT2D eigenvalue weighted by Crippen LogP contribution is -2.08. The van der Waals surface area contributed by atoms with Crippen molar-refractivity contribution in [2.24, 2.45) is 5.73 Å². The molecule has 0 unspecified atom stereocenters. The van der Waals surface area contributed by atoms with Crippen LogP contribution in [0.3, 0.4) is 0 Å². The van der Waals surface area contributed by atoms with Crippen LogP contribution in [-0.2, 0) is 9.59 Å². The fraction of sp³-hybridized carbons (Fsp3) is 0.250. The predicted molar refractivity (Wildman–Crippen MR) is 60.7 cm³/mol. The number of aromatic nitrogens is 1. The Morgan fingerprint density at radius 3 is 2.38 bits per heavy atom. The second-order valence-corrected chi connectivity index (χ2v) is 3.67. The monoisotopic (exact) mass is 244 g/mol. The van der Waals surface area contributed by atoms with Gasteiger partial charge < -0.3 is 16.2 Å². The summed E-state index contributed by atoms with van der Waals surface area (Å²) in [6.45, 7) is 2.48. The van der Waals surface area contributed by atoms with Crippen molar-refractivity contribution in [2.75, 3.05) is 5.32 Å². The van der Waals surface area contributed by atoms with Crippen LogP contribution in [0.1, 0.15) is 18.7 Å². The molecule has 0 spiro atoms. The number of amides is 1. The number of rotatable bonds is 2. The summed E-state index contributed by atoms with van der Waals surface area (Å²) in [4.78, 5) is 24.0. The van der Waals surface area contributed by atoms with E-state index in [4.69, 9.17) is 21.0 Å². The summed E-state index contributed by atoms with van der Waals surface area (Å²) in [7, 11) is 0. The number of carbonyl (C=O) groups excluding carboxylic acids is 1. The highest BCUT2D eigenvalue weighted by Gasteiger charge is 2.04. The molecular weight excluding hydrogens is 232 g/mol. The molecule has 0 aliphatic heterocycles. The number of hydrogen-bond donors (Lipinski definition) is 4. The molecule has 0 radical (unpaired) electrons. The van der Waals surface area contributed by atoms with Crippen LogP contribution >= 0.6 is 11.3 Å². The summed E-state index contributed by atoms with van der Waals surface area (Å²) in [5.74, 6) is -1.05. The molecule has 0 atom stereocenters. The maximum absolute atomic E-state index is 10.6. The SMILES string of the molecule is CC(=O)Nc1ncc(C(=N)N)s1.CC(=O)O. The molecule has 1 heterocycles. The molecule has 0 aromatic carbocycles. The van der Waals surface area contributed by atoms with Gasteiger partial charge in [-0.3, -0.25) is 15.0 Å². The van der Waals surface area contributed by atoms with Gasteiger partial charge in [-0.2, -0.15) is 0 Å². The molecule has 1 aromatic heterocycles. The van der Waals surface area contributed by atoms with Gasteiger partial charge in [0.2, 0.25) is 5.91 Å². The quantitative estimate of drug-likeness (QED) is 0.444. The molecular formula is C8H12N4O3S. The van der Waals surface area contributed by atoms with E-state index >= 15 is 0 Å². The Morgan fingerprint density at radius 1 is 1.56 bits per heavy atom. The van der Waals surface area contributed by atoms with Crippen molar-refractivity contribution in [3.8, 4) is 0 Å². The number of nitrogens with zero attached hydrogens (tertiary/aromatic N) is 1. The van der Waals surface area contributed by atoms with E-state index in [0.29, 0.717) is 10.0 Å². The fourth-order valence-corrected chi connectivity index (χ4v) is 1.33. The Morgan fingerprint density at radius 2 is 2.06 bits per heavy atom. The highest BCUT2D eigenvalue weighted by Crippen LogP contribution is 2.16. The van der Waals surface area contributed by atoms with Crippen molar-refractivity contribution < 1.29 is 14.7 Å². The van der Waals surface area contributed by atoms with E-state index in [1.54, 1.807) is 0 Å². The minimum atomic E-state index is -0.833. The van der Waals surface area contributed by atoms with Crippen LogP contribution in [0.4, 0.5) is 5.13 Å². The van der Waals surface area contributed by atoms with Gasteiger partial charge in [0.25, 0.3) is 5.97 Å². The molecule has 7 nitrogen and oxygen atoms in total. The first kappa shape index (κ1) is 14.0. The highest BCUT2D eigenvalue weighted by atomic mass is 32.1. The van der Waals surface area contributed by atoms with Crippen molar-refractivity contribution in [1.82, 2.24) is 4.98 Å². The third-order valence-electron chi connectivity index (χ3n) is 1.05. The van der Waals surface area contributed by atoms with Gasteiger partial charge in [0.15, 0.2) is 5.13 Å². The van der Waals surface area contributed by atoms with Gasteiger partial charge in [0, 0.05) is 13.8 Å². The average molecular weight is 244 g/mol. The molecule has 0 saturated carbocycles. The minimum absolute atomic E-state index is 0.0379. The summed E-state index contributed by atoms with van der Waals surface area (Å²) in [5, 5.41) is 17.4. The number of hydrogen-bond acceptors (Lipinski definition) is 5. The molecule has 0 fully saturated rings. The van der Waals surface area contributed by atoms with Crippen LogP contribution in [0.15, 0.2) is 6.20 Å². The number of anilines is 1. The Kier molecular flexibility index (Phi) is 5.71. The Bertz CT molecular complexity index is 398. The van der Waals surface area contributed by atoms with Crippen LogP contribution in [0, 0.1) is 5.41 Å². The normalized spacial score (nSPS) is 8.62. The number of carboxylic acid groups (broad SMARTS) is 1. The third-order valence-corrected chi connectivity index (χ3v) is 2.00. The summed E-state index contributed by atoms with van der Waals surface area (Å²) < 4.78 is 0. The smallest absolute Gasteiger partial charge is 0.300 e. The van der Waals surface area contributed by atoms with Crippen LogP contribution in [0.5, 0.6) is 0 Å². The van der Waals surface area contributed by atoms with Crippen molar-refractivity contribution >= 4 is 34.2 Å². The van der Waals surface area contributed by atoms with Crippen molar-refractivity contribution in [2.45, 2.75) is 13.8 Å². The number of carboxylic acids is 1. The van der Waals surface area contributed by atoms with E-state index in [0.717, 1.165) is 6.92 Å². The summed E-state index contributed by atoms with van der Waals surface area (Å²) in [6.07, 6.45) is 1.46. The van der Waals surface area contributed by atoms with E-state index in [-0.39, 0.29) is 11.7 Å². The maximum atomic E-state index is 10.6. The summed E-state index contributed by atoms with van der Waals surface area (Å²) in [5.41, 5.74) is 5.20. The van der Waals surface area contributed by atoms with Gasteiger partial charge in [0.1, 0.15) is 5.84 Å². The predicted octanol–water partition coefficient (Wildman–Crippen LogP) is 0.476. The maximum Gasteiger partial charge on any atom is 0.300 e. The second kappa shape index (κ2) is 6.51. The molecule has 8 heteroatoms. The van der Waals surface area contributed by atoms with E-state index in [9.17, 15) is 4.79 Å². The molecule has 0 aliphatic carbocycles. The van der Waals surface area contributed by atoms with Crippen molar-refractivity contribution in [1.29, 1.82) is 5.41 Å². The van der Waals surface area contributed by atoms with Gasteiger partial charge >= 0.3 is 0 Å². The molecule has 16 heavy (non-hydrogen) atoms. The van der Waals surface area contributed by atoms with Gasteiger partial charge in [-0.1, -0.05) is 11.3 Å². The summed E-state index contributed by atoms with van der Waals surface area (Å²) in [6, 6.07) is 0. The van der Waals surface area contributed by atoms with E-state index in [1.165, 1.54) is 24.5 Å². The number of nitrogens with one attached hydrogen (secondary N) is 2. The zero-order valence-corrected chi connectivity index (χ0v) is 9.59. The van der Waals surface area contributed by atoms with Crippen molar-refractivity contribution in [3.05, 3.63) is 11.1 Å². The molecule has 88 valence electrons. The van der Waals surface area contributed by atoms with Gasteiger partial charge in [-0.25, -0.2) is 4.98 Å². The van der Waals surface area contributed by atoms with Crippen LogP contribution in [-0.4, -0.2) is 27.8 Å². The molecule has 5 N–H and O–H groups in total. The number of aliphatic carboxylic acids is 1. The topological polar surface area (TPSA) is 129 Å². The lowest BCUT2D eigenvalue weighted by Gasteiger charge is -1.92. The third kappa shape index (κ3) is 6.49. The van der Waals surface area contributed by atoms with Gasteiger partial charge in [0.05, 0.1) is 11.1 Å². The largest absolute Gasteiger partial charge is 0.481 e. The molecule has 1 rings (SSSR count). The lowest BCUT2D eigenvalue weighted by molar-refractivity contribution is -0.134. The number of carbonyl (C=O) groups is 2. The first-order valence-corrected chi connectivity index (χ1v) is 4.92. The van der Waals surface area contributed by atoms with Crippen molar-refractivity contribution in [3.63, 3.8) is 0 Å². The molecule has 1 aromatic rings. The Labute approximate surface area is 95.8 Å². The minimum Gasteiger partial charge on any atom is -0.481 e. The standard InChI is InChI=1S/C6H8N4OS.C2H4O2/c1-3(11)10-6-9-2-4(12-6)5(7)8;1-2(3)4/h2H,1H3,(H3,7,8)(H,9,10,11);1H3,(H,3,4). The number of thiazole rings is 1. The first-order valence-electron chi connectivity index (χ1n) is 4.10. The highest BCUT2D eigenvalue weighted by molar-refractivity contribution is 7.17. The summed E-state index contributed by atoms with van der Waals surface area (Å²) >= 11 is 1.18. The average Bonchev–Trinajstić information content (AvgIpc) is 2.50. The van der Waals surface area contributed by atoms with Crippen LogP contribution < -0.4 is 11.1 Å². The first-order chi connectivity index (χ1) is 7.32. The number of amidine groups is 1. The number of nitrogens with two attached hydrogens (primary N) is 1. The zero-order valence-electron chi connectivity index (χ0n) is 8.77. The van der Waals surface area contributed by atoms with Gasteiger partial charge in [-0.15, -0.1) is 0 Å². The zero-order chi connectivity index (χ0) is 12.7. The van der Waals surface area contributed by atoms with Crippen LogP contribution in [0.25, 0.3) is 0 Å².